The maximum absolute atomic E-state index is 13.3. The van der Waals surface area contributed by atoms with Gasteiger partial charge in [0, 0.05) is 31.4 Å². The lowest BCUT2D eigenvalue weighted by Gasteiger charge is -2.24. The van der Waals surface area contributed by atoms with Crippen LogP contribution in [0.3, 0.4) is 0 Å². The van der Waals surface area contributed by atoms with E-state index in [1.807, 2.05) is 47.4 Å². The number of benzene rings is 1. The standard InChI is InChI=1S/C21H19F3N6O/c1-31-17-7-5-15(6-8-17)14-29(13-11-16-4-2-3-12-25-16)19-10-9-18-26-27-20(21(22,23)24)30(18)28-19/h2-10,12H,11,13-14H2,1H3. The lowest BCUT2D eigenvalue weighted by Crippen LogP contribution is -2.27. The lowest BCUT2D eigenvalue weighted by atomic mass is 10.2. The van der Waals surface area contributed by atoms with Crippen LogP contribution in [0.15, 0.2) is 60.8 Å². The van der Waals surface area contributed by atoms with E-state index >= 15 is 0 Å². The van der Waals surface area contributed by atoms with E-state index in [4.69, 9.17) is 4.74 Å². The highest BCUT2D eigenvalue weighted by molar-refractivity contribution is 5.47. The molecule has 160 valence electrons. The van der Waals surface area contributed by atoms with Crippen LogP contribution in [0.1, 0.15) is 17.1 Å². The van der Waals surface area contributed by atoms with Crippen molar-refractivity contribution < 1.29 is 17.9 Å². The average molecular weight is 428 g/mol. The minimum absolute atomic E-state index is 0.0326. The summed E-state index contributed by atoms with van der Waals surface area (Å²) >= 11 is 0. The number of fused-ring (bicyclic) bond motifs is 1. The Morgan fingerprint density at radius 1 is 1.00 bits per heavy atom. The summed E-state index contributed by atoms with van der Waals surface area (Å²) < 4.78 is 45.7. The highest BCUT2D eigenvalue weighted by atomic mass is 19.4. The molecule has 0 spiro atoms. The number of ether oxygens (including phenoxy) is 1. The van der Waals surface area contributed by atoms with Crippen molar-refractivity contribution in [2.45, 2.75) is 19.1 Å². The van der Waals surface area contributed by atoms with Crippen molar-refractivity contribution in [3.05, 3.63) is 77.9 Å². The van der Waals surface area contributed by atoms with E-state index in [1.165, 1.54) is 6.07 Å². The van der Waals surface area contributed by atoms with Crippen molar-refractivity contribution in [1.29, 1.82) is 0 Å². The molecule has 4 aromatic rings. The second kappa shape index (κ2) is 8.58. The fraction of sp³-hybridized carbons (Fsp3) is 0.238. The molecule has 1 aromatic carbocycles. The van der Waals surface area contributed by atoms with Gasteiger partial charge in [-0.15, -0.1) is 15.3 Å². The van der Waals surface area contributed by atoms with E-state index in [2.05, 4.69) is 20.3 Å². The second-order valence-corrected chi connectivity index (χ2v) is 6.82. The summed E-state index contributed by atoms with van der Waals surface area (Å²) in [4.78, 5) is 6.22. The summed E-state index contributed by atoms with van der Waals surface area (Å²) in [7, 11) is 1.59. The van der Waals surface area contributed by atoms with Crippen molar-refractivity contribution >= 4 is 11.5 Å². The smallest absolute Gasteiger partial charge is 0.453 e. The van der Waals surface area contributed by atoms with Gasteiger partial charge in [0.2, 0.25) is 0 Å². The van der Waals surface area contributed by atoms with Crippen LogP contribution in [-0.2, 0) is 19.1 Å². The first kappa shape index (κ1) is 20.6. The molecule has 0 N–H and O–H groups in total. The fourth-order valence-electron chi connectivity index (χ4n) is 3.15. The number of methoxy groups -OCH3 is 1. The molecule has 3 aromatic heterocycles. The minimum atomic E-state index is -4.65. The zero-order chi connectivity index (χ0) is 21.8. The van der Waals surface area contributed by atoms with Gasteiger partial charge in [-0.2, -0.15) is 17.7 Å². The van der Waals surface area contributed by atoms with Gasteiger partial charge in [-0.05, 0) is 42.0 Å². The van der Waals surface area contributed by atoms with E-state index in [-0.39, 0.29) is 5.65 Å². The third-order valence-electron chi connectivity index (χ3n) is 4.72. The molecule has 7 nitrogen and oxygen atoms in total. The number of halogens is 3. The summed E-state index contributed by atoms with van der Waals surface area (Å²) in [6.45, 7) is 0.948. The predicted molar refractivity (Wildman–Crippen MR) is 108 cm³/mol. The topological polar surface area (TPSA) is 68.4 Å². The van der Waals surface area contributed by atoms with Gasteiger partial charge in [0.25, 0.3) is 5.82 Å². The first-order valence-corrected chi connectivity index (χ1v) is 9.51. The van der Waals surface area contributed by atoms with Crippen molar-refractivity contribution in [2.24, 2.45) is 0 Å². The lowest BCUT2D eigenvalue weighted by molar-refractivity contribution is -0.146. The van der Waals surface area contributed by atoms with E-state index in [1.54, 1.807) is 19.4 Å². The number of alkyl halides is 3. The number of anilines is 1. The first-order valence-electron chi connectivity index (χ1n) is 9.51. The Hall–Kier alpha value is -3.69. The van der Waals surface area contributed by atoms with Gasteiger partial charge in [0.1, 0.15) is 11.6 Å². The van der Waals surface area contributed by atoms with Crippen LogP contribution < -0.4 is 9.64 Å². The molecular weight excluding hydrogens is 409 g/mol. The largest absolute Gasteiger partial charge is 0.497 e. The molecule has 0 bridgehead atoms. The number of hydrogen-bond donors (Lipinski definition) is 0. The van der Waals surface area contributed by atoms with E-state index < -0.39 is 12.0 Å². The summed E-state index contributed by atoms with van der Waals surface area (Å²) in [5, 5.41) is 11.0. The molecule has 31 heavy (non-hydrogen) atoms. The molecule has 0 atom stereocenters. The molecule has 0 unspecified atom stereocenters. The van der Waals surface area contributed by atoms with Crippen LogP contribution in [-0.4, -0.2) is 38.4 Å². The molecular formula is C21H19F3N6O. The quantitative estimate of drug-likeness (QED) is 0.446. The molecule has 0 amide bonds. The number of hydrogen-bond acceptors (Lipinski definition) is 6. The van der Waals surface area contributed by atoms with Gasteiger partial charge in [0.15, 0.2) is 5.65 Å². The first-order chi connectivity index (χ1) is 14.9. The summed E-state index contributed by atoms with van der Waals surface area (Å²) in [6.07, 6.45) is -2.34. The fourth-order valence-corrected chi connectivity index (χ4v) is 3.15. The van der Waals surface area contributed by atoms with E-state index in [9.17, 15) is 13.2 Å². The Labute approximate surface area is 176 Å². The monoisotopic (exact) mass is 428 g/mol. The molecule has 0 aliphatic rings. The van der Waals surface area contributed by atoms with Gasteiger partial charge in [-0.25, -0.2) is 0 Å². The highest BCUT2D eigenvalue weighted by Gasteiger charge is 2.37. The van der Waals surface area contributed by atoms with Crippen LogP contribution in [0.5, 0.6) is 5.75 Å². The number of nitrogens with zero attached hydrogens (tertiary/aromatic N) is 6. The Balaban J connectivity index is 1.66. The van der Waals surface area contributed by atoms with Crippen LogP contribution in [0.2, 0.25) is 0 Å². The van der Waals surface area contributed by atoms with Crippen LogP contribution in [0, 0.1) is 0 Å². The zero-order valence-corrected chi connectivity index (χ0v) is 16.6. The maximum atomic E-state index is 13.3. The summed E-state index contributed by atoms with van der Waals surface area (Å²) in [5.41, 5.74) is 1.87. The number of rotatable bonds is 7. The highest BCUT2D eigenvalue weighted by Crippen LogP contribution is 2.28. The third-order valence-corrected chi connectivity index (χ3v) is 4.72. The minimum Gasteiger partial charge on any atom is -0.497 e. The van der Waals surface area contributed by atoms with Gasteiger partial charge in [0.05, 0.1) is 7.11 Å². The SMILES string of the molecule is COc1ccc(CN(CCc2ccccn2)c2ccc3nnc(C(F)(F)F)n3n2)cc1. The summed E-state index contributed by atoms with van der Waals surface area (Å²) in [5.74, 6) is -0.0503. The molecule has 10 heteroatoms. The molecule has 3 heterocycles. The molecule has 0 saturated carbocycles. The molecule has 4 rings (SSSR count). The van der Waals surface area contributed by atoms with Crippen LogP contribution in [0.25, 0.3) is 5.65 Å². The van der Waals surface area contributed by atoms with Crippen LogP contribution >= 0.6 is 0 Å². The molecule has 0 radical (unpaired) electrons. The third kappa shape index (κ3) is 4.73. The number of pyridine rings is 1. The van der Waals surface area contributed by atoms with Crippen molar-refractivity contribution in [2.75, 3.05) is 18.6 Å². The van der Waals surface area contributed by atoms with Crippen molar-refractivity contribution in [3.8, 4) is 5.75 Å². The Bertz CT molecular complexity index is 1150. The van der Waals surface area contributed by atoms with Gasteiger partial charge in [-0.3, -0.25) is 4.98 Å². The predicted octanol–water partition coefficient (Wildman–Crippen LogP) is 3.80. The van der Waals surface area contributed by atoms with Gasteiger partial charge in [-0.1, -0.05) is 18.2 Å². The summed E-state index contributed by atoms with van der Waals surface area (Å²) in [6, 6.07) is 16.2. The zero-order valence-electron chi connectivity index (χ0n) is 16.6. The Morgan fingerprint density at radius 3 is 2.48 bits per heavy atom. The molecule has 0 aliphatic carbocycles. The molecule has 0 fully saturated rings. The van der Waals surface area contributed by atoms with Crippen molar-refractivity contribution in [1.82, 2.24) is 24.8 Å². The molecule has 0 saturated heterocycles. The second-order valence-electron chi connectivity index (χ2n) is 6.82. The molecule has 0 aliphatic heterocycles. The van der Waals surface area contributed by atoms with Crippen molar-refractivity contribution in [3.63, 3.8) is 0 Å². The maximum Gasteiger partial charge on any atom is 0.453 e. The van der Waals surface area contributed by atoms with Gasteiger partial charge >= 0.3 is 6.18 Å². The Morgan fingerprint density at radius 2 is 1.81 bits per heavy atom. The van der Waals surface area contributed by atoms with Gasteiger partial charge < -0.3 is 9.64 Å². The average Bonchev–Trinajstić information content (AvgIpc) is 3.21. The number of aromatic nitrogens is 5. The van der Waals surface area contributed by atoms with E-state index in [0.29, 0.717) is 25.3 Å². The normalized spacial score (nSPS) is 11.6. The van der Waals surface area contributed by atoms with Crippen LogP contribution in [0.4, 0.5) is 19.0 Å². The van der Waals surface area contributed by atoms with E-state index in [0.717, 1.165) is 21.5 Å². The Kier molecular flexibility index (Phi) is 5.70.